The fourth-order valence-electron chi connectivity index (χ4n) is 2.70. The maximum atomic E-state index is 12.3. The van der Waals surface area contributed by atoms with Gasteiger partial charge in [0.05, 0.1) is 31.8 Å². The molecule has 1 saturated heterocycles. The van der Waals surface area contributed by atoms with Gasteiger partial charge < -0.3 is 14.6 Å². The Morgan fingerprint density at radius 3 is 3.12 bits per heavy atom. The summed E-state index contributed by atoms with van der Waals surface area (Å²) in [7, 11) is 1.60. The van der Waals surface area contributed by atoms with Gasteiger partial charge in [-0.25, -0.2) is 0 Å². The third-order valence-electron chi connectivity index (χ3n) is 3.77. The molecular formula is C13H14O4. The maximum absolute atomic E-state index is 12.3. The van der Waals surface area contributed by atoms with Crippen molar-refractivity contribution in [3.63, 3.8) is 0 Å². The Morgan fingerprint density at radius 2 is 2.41 bits per heavy atom. The monoisotopic (exact) mass is 234 g/mol. The normalized spacial score (nSPS) is 30.2. The number of carbonyl (C=O) groups is 1. The Morgan fingerprint density at radius 1 is 1.59 bits per heavy atom. The topological polar surface area (TPSA) is 55.8 Å². The molecule has 17 heavy (non-hydrogen) atoms. The summed E-state index contributed by atoms with van der Waals surface area (Å²) in [5, 5.41) is 9.44. The van der Waals surface area contributed by atoms with Crippen molar-refractivity contribution in [2.45, 2.75) is 12.5 Å². The van der Waals surface area contributed by atoms with Gasteiger partial charge in [-0.1, -0.05) is 0 Å². The number of aliphatic hydroxyl groups excluding tert-OH is 1. The number of Topliss-reactive ketones (excluding diaryl/α,β-unsaturated/α-hetero) is 1. The highest BCUT2D eigenvalue weighted by Gasteiger charge is 2.51. The molecule has 0 saturated carbocycles. The van der Waals surface area contributed by atoms with Crippen LogP contribution in [0, 0.1) is 5.41 Å². The van der Waals surface area contributed by atoms with E-state index in [4.69, 9.17) is 9.47 Å². The zero-order valence-corrected chi connectivity index (χ0v) is 9.60. The smallest absolute Gasteiger partial charge is 0.174 e. The van der Waals surface area contributed by atoms with Crippen LogP contribution in [0.4, 0.5) is 0 Å². The van der Waals surface area contributed by atoms with E-state index in [1.165, 1.54) is 0 Å². The lowest BCUT2D eigenvalue weighted by Crippen LogP contribution is -2.37. The number of hydrogen-bond donors (Lipinski definition) is 1. The molecule has 0 amide bonds. The summed E-state index contributed by atoms with van der Waals surface area (Å²) in [6.45, 7) is 0.164. The number of hydrogen-bond acceptors (Lipinski definition) is 4. The molecule has 4 nitrogen and oxygen atoms in total. The van der Waals surface area contributed by atoms with Crippen molar-refractivity contribution < 1.29 is 19.4 Å². The quantitative estimate of drug-likeness (QED) is 0.838. The molecule has 2 bridgehead atoms. The maximum Gasteiger partial charge on any atom is 0.174 e. The van der Waals surface area contributed by atoms with Crippen LogP contribution in [0.5, 0.6) is 5.75 Å². The van der Waals surface area contributed by atoms with E-state index in [0.29, 0.717) is 18.6 Å². The van der Waals surface area contributed by atoms with Gasteiger partial charge in [0, 0.05) is 5.56 Å². The molecule has 3 rings (SSSR count). The van der Waals surface area contributed by atoms with Crippen molar-refractivity contribution in [2.75, 3.05) is 20.3 Å². The van der Waals surface area contributed by atoms with Crippen molar-refractivity contribution in [2.24, 2.45) is 5.41 Å². The van der Waals surface area contributed by atoms with Crippen molar-refractivity contribution in [1.29, 1.82) is 0 Å². The van der Waals surface area contributed by atoms with Crippen LogP contribution < -0.4 is 4.74 Å². The van der Waals surface area contributed by atoms with Crippen LogP contribution >= 0.6 is 0 Å². The molecule has 1 fully saturated rings. The first-order valence-electron chi connectivity index (χ1n) is 5.65. The second-order valence-electron chi connectivity index (χ2n) is 4.72. The summed E-state index contributed by atoms with van der Waals surface area (Å²) in [5.74, 6) is 0.718. The van der Waals surface area contributed by atoms with E-state index < -0.39 is 5.41 Å². The van der Waals surface area contributed by atoms with E-state index in [0.717, 1.165) is 11.3 Å². The minimum absolute atomic E-state index is 0.00796. The average molecular weight is 234 g/mol. The Balaban J connectivity index is 2.13. The minimum atomic E-state index is -0.716. The number of aliphatic hydroxyl groups is 1. The first-order valence-corrected chi connectivity index (χ1v) is 5.65. The van der Waals surface area contributed by atoms with E-state index >= 15 is 0 Å². The highest BCUT2D eigenvalue weighted by Crippen LogP contribution is 2.49. The molecule has 4 heteroatoms. The van der Waals surface area contributed by atoms with Gasteiger partial charge in [0.1, 0.15) is 5.75 Å². The molecule has 0 radical (unpaired) electrons. The van der Waals surface area contributed by atoms with Gasteiger partial charge in [-0.15, -0.1) is 0 Å². The van der Waals surface area contributed by atoms with Gasteiger partial charge in [-0.2, -0.15) is 0 Å². The van der Waals surface area contributed by atoms with Crippen molar-refractivity contribution in [3.8, 4) is 5.75 Å². The van der Waals surface area contributed by atoms with Gasteiger partial charge in [0.15, 0.2) is 5.78 Å². The molecule has 1 heterocycles. The molecule has 2 atom stereocenters. The molecule has 1 aromatic rings. The Kier molecular flexibility index (Phi) is 2.24. The molecular weight excluding hydrogens is 220 g/mol. The van der Waals surface area contributed by atoms with Crippen LogP contribution in [0.25, 0.3) is 0 Å². The predicted octanol–water partition coefficient (Wildman–Crippen LogP) is 1.33. The van der Waals surface area contributed by atoms with Crippen LogP contribution in [0.15, 0.2) is 18.2 Å². The second kappa shape index (κ2) is 3.55. The molecule has 0 spiro atoms. The minimum Gasteiger partial charge on any atom is -0.497 e. The Labute approximate surface area is 99.2 Å². The van der Waals surface area contributed by atoms with E-state index in [1.807, 2.05) is 6.07 Å². The number of rotatable bonds is 2. The molecule has 90 valence electrons. The van der Waals surface area contributed by atoms with Gasteiger partial charge in [0.2, 0.25) is 0 Å². The Bertz CT molecular complexity index is 482. The number of methoxy groups -OCH3 is 1. The number of benzene rings is 1. The highest BCUT2D eigenvalue weighted by molar-refractivity contribution is 6.03. The summed E-state index contributed by atoms with van der Waals surface area (Å²) in [5.41, 5.74) is 0.830. The summed E-state index contributed by atoms with van der Waals surface area (Å²) in [4.78, 5) is 12.3. The van der Waals surface area contributed by atoms with Crippen LogP contribution in [0.2, 0.25) is 0 Å². The average Bonchev–Trinajstić information content (AvgIpc) is 2.78. The summed E-state index contributed by atoms with van der Waals surface area (Å²) in [6.07, 6.45) is 0.479. The first kappa shape index (κ1) is 10.7. The SMILES string of the molecule is COc1ccc2c(c1)[C@@H]1C[C@@](CO)(CO1)C2=O. The lowest BCUT2D eigenvalue weighted by atomic mass is 9.72. The first-order chi connectivity index (χ1) is 8.20. The fraction of sp³-hybridized carbons (Fsp3) is 0.462. The Hall–Kier alpha value is -1.39. The van der Waals surface area contributed by atoms with Crippen molar-refractivity contribution >= 4 is 5.78 Å². The van der Waals surface area contributed by atoms with E-state index in [9.17, 15) is 9.90 Å². The van der Waals surface area contributed by atoms with E-state index in [1.54, 1.807) is 19.2 Å². The fourth-order valence-corrected chi connectivity index (χ4v) is 2.70. The molecule has 1 N–H and O–H groups in total. The third kappa shape index (κ3) is 1.34. The zero-order valence-electron chi connectivity index (χ0n) is 9.60. The summed E-state index contributed by atoms with van der Waals surface area (Å²) >= 11 is 0. The molecule has 0 aromatic heterocycles. The lowest BCUT2D eigenvalue weighted by Gasteiger charge is -2.29. The number of ketones is 1. The van der Waals surface area contributed by atoms with Gasteiger partial charge in [-0.3, -0.25) is 4.79 Å². The number of ether oxygens (including phenoxy) is 2. The molecule has 2 aliphatic rings. The largest absolute Gasteiger partial charge is 0.497 e. The summed E-state index contributed by atoms with van der Waals surface area (Å²) in [6, 6.07) is 5.39. The molecule has 1 aliphatic carbocycles. The summed E-state index contributed by atoms with van der Waals surface area (Å²) < 4.78 is 10.8. The van der Waals surface area contributed by atoms with E-state index in [-0.39, 0.29) is 18.5 Å². The van der Waals surface area contributed by atoms with Crippen LogP contribution in [0.1, 0.15) is 28.4 Å². The van der Waals surface area contributed by atoms with Gasteiger partial charge in [-0.05, 0) is 30.2 Å². The van der Waals surface area contributed by atoms with Gasteiger partial charge >= 0.3 is 0 Å². The standard InChI is InChI=1S/C13H14O4/c1-16-8-2-3-9-10(4-8)11-5-13(6-14,7-17-11)12(9)15/h2-4,11,14H,5-7H2,1H3/t11-,13+/m0/s1. The zero-order chi connectivity index (χ0) is 12.0. The predicted molar refractivity (Wildman–Crippen MR) is 60.2 cm³/mol. The van der Waals surface area contributed by atoms with Gasteiger partial charge in [0.25, 0.3) is 0 Å². The van der Waals surface area contributed by atoms with Crippen LogP contribution in [-0.2, 0) is 4.74 Å². The lowest BCUT2D eigenvalue weighted by molar-refractivity contribution is 0.0574. The van der Waals surface area contributed by atoms with Crippen LogP contribution in [-0.4, -0.2) is 31.2 Å². The van der Waals surface area contributed by atoms with Crippen LogP contribution in [0.3, 0.4) is 0 Å². The third-order valence-corrected chi connectivity index (χ3v) is 3.77. The van der Waals surface area contributed by atoms with E-state index in [2.05, 4.69) is 0 Å². The number of carbonyl (C=O) groups excluding carboxylic acids is 1. The van der Waals surface area contributed by atoms with Crippen molar-refractivity contribution in [1.82, 2.24) is 0 Å². The second-order valence-corrected chi connectivity index (χ2v) is 4.72. The highest BCUT2D eigenvalue weighted by atomic mass is 16.5. The molecule has 0 unspecified atom stereocenters. The molecule has 1 aliphatic heterocycles. The molecule has 1 aromatic carbocycles. The number of fused-ring (bicyclic) bond motifs is 4. The van der Waals surface area contributed by atoms with Crippen molar-refractivity contribution in [3.05, 3.63) is 29.3 Å².